The highest BCUT2D eigenvalue weighted by Gasteiger charge is 2.54. The van der Waals surface area contributed by atoms with E-state index in [-0.39, 0.29) is 12.8 Å². The van der Waals surface area contributed by atoms with Crippen molar-refractivity contribution >= 4 is 27.6 Å². The Balaban J connectivity index is 2.61. The third kappa shape index (κ3) is 30.9. The first kappa shape index (κ1) is 59.2. The molecule has 1 aliphatic carbocycles. The zero-order valence-corrected chi connectivity index (χ0v) is 39.8. The third-order valence-corrected chi connectivity index (χ3v) is 12.2. The first-order valence-corrected chi connectivity index (χ1v) is 26.6. The lowest BCUT2D eigenvalue weighted by molar-refractivity contribution is -0.216. The number of phosphoric ester groups is 2. The molecule has 8 atom stereocenters. The Bertz CT molecular complexity index is 1370. The SMILES string of the molecule is CCCCCC=CCC=CCCCCCCCC(=O)O[C@H](COC(=O)CCCCCCCCCC=CCCCCCC)COP(=O)(O)O[C@H]1C(O)C(O)C(O)[C@@H](OP(=O)(O)O)C1O. The standard InChI is InChI=1S/C45H82O16P2/c1-3-5-7-9-11-13-15-17-19-21-23-25-27-29-31-33-38(46)57-35-37(59-39(47)34-32-30-28-26-24-22-20-18-16-14-12-10-8-6-4-2)36-58-63(55,56)61-45-42(50)40(48)41(49)44(43(45)51)60-62(52,53)54/h12-15,18,20,37,40-45,48-51H,3-11,16-17,19,21-36H2,1-2H3,(H,55,56)(H2,52,53,54)/t37-,40?,41?,42?,43?,44-,45+/m1/s1. The minimum Gasteiger partial charge on any atom is -0.462 e. The lowest BCUT2D eigenvalue weighted by Crippen LogP contribution is -2.64. The molecule has 0 bridgehead atoms. The van der Waals surface area contributed by atoms with Gasteiger partial charge in [0.2, 0.25) is 0 Å². The maximum Gasteiger partial charge on any atom is 0.472 e. The van der Waals surface area contributed by atoms with E-state index in [9.17, 15) is 44.0 Å². The zero-order chi connectivity index (χ0) is 46.8. The summed E-state index contributed by atoms with van der Waals surface area (Å²) < 4.78 is 49.3. The van der Waals surface area contributed by atoms with E-state index in [0.717, 1.165) is 96.3 Å². The Labute approximate surface area is 376 Å². The van der Waals surface area contributed by atoms with Crippen molar-refractivity contribution in [2.24, 2.45) is 0 Å². The molecule has 0 heterocycles. The van der Waals surface area contributed by atoms with Gasteiger partial charge in [-0.15, -0.1) is 0 Å². The summed E-state index contributed by atoms with van der Waals surface area (Å²) in [6.45, 7) is 3.05. The van der Waals surface area contributed by atoms with Crippen molar-refractivity contribution in [3.05, 3.63) is 36.5 Å². The van der Waals surface area contributed by atoms with Crippen LogP contribution in [0.3, 0.4) is 0 Å². The average Bonchev–Trinajstić information content (AvgIpc) is 3.23. The van der Waals surface area contributed by atoms with E-state index in [1.165, 1.54) is 44.9 Å². The van der Waals surface area contributed by atoms with Crippen LogP contribution in [-0.2, 0) is 41.8 Å². The molecule has 0 aromatic rings. The van der Waals surface area contributed by atoms with E-state index in [1.54, 1.807) is 0 Å². The number of esters is 2. The highest BCUT2D eigenvalue weighted by atomic mass is 31.2. The molecule has 1 fully saturated rings. The van der Waals surface area contributed by atoms with Crippen LogP contribution in [0.4, 0.5) is 0 Å². The van der Waals surface area contributed by atoms with Gasteiger partial charge in [-0.2, -0.15) is 0 Å². The fourth-order valence-corrected chi connectivity index (χ4v) is 8.53. The van der Waals surface area contributed by atoms with E-state index in [2.05, 4.69) is 54.8 Å². The smallest absolute Gasteiger partial charge is 0.462 e. The number of carbonyl (C=O) groups excluding carboxylic acids is 2. The van der Waals surface area contributed by atoms with Gasteiger partial charge in [0.1, 0.15) is 43.2 Å². The van der Waals surface area contributed by atoms with E-state index in [1.807, 2.05) is 0 Å². The van der Waals surface area contributed by atoms with E-state index >= 15 is 0 Å². The van der Waals surface area contributed by atoms with Crippen LogP contribution in [0.15, 0.2) is 36.5 Å². The first-order valence-electron chi connectivity index (χ1n) is 23.5. The molecule has 0 aromatic heterocycles. The lowest BCUT2D eigenvalue weighted by atomic mass is 9.85. The molecular formula is C45H82O16P2. The maximum absolute atomic E-state index is 13.0. The number of aliphatic hydroxyl groups excluding tert-OH is 4. The Morgan fingerprint density at radius 3 is 1.43 bits per heavy atom. The summed E-state index contributed by atoms with van der Waals surface area (Å²) in [5.74, 6) is -1.23. The van der Waals surface area contributed by atoms with Gasteiger partial charge in [0, 0.05) is 12.8 Å². The van der Waals surface area contributed by atoms with Gasteiger partial charge in [-0.1, -0.05) is 134 Å². The molecule has 368 valence electrons. The Morgan fingerprint density at radius 2 is 0.921 bits per heavy atom. The van der Waals surface area contributed by atoms with Crippen molar-refractivity contribution in [1.29, 1.82) is 0 Å². The first-order chi connectivity index (χ1) is 30.1. The molecule has 16 nitrogen and oxygen atoms in total. The maximum atomic E-state index is 13.0. The molecule has 0 radical (unpaired) electrons. The largest absolute Gasteiger partial charge is 0.472 e. The second-order valence-corrected chi connectivity index (χ2v) is 19.1. The van der Waals surface area contributed by atoms with Gasteiger partial charge in [-0.25, -0.2) is 9.13 Å². The number of hydrogen-bond acceptors (Lipinski definition) is 13. The lowest BCUT2D eigenvalue weighted by Gasteiger charge is -2.43. The van der Waals surface area contributed by atoms with Gasteiger partial charge in [-0.3, -0.25) is 23.2 Å². The summed E-state index contributed by atoms with van der Waals surface area (Å²) in [4.78, 5) is 54.2. The van der Waals surface area contributed by atoms with Crippen molar-refractivity contribution in [3.63, 3.8) is 0 Å². The number of hydrogen-bond donors (Lipinski definition) is 7. The summed E-state index contributed by atoms with van der Waals surface area (Å²) in [6.07, 6.45) is 23.8. The molecule has 1 aliphatic rings. The van der Waals surface area contributed by atoms with Crippen molar-refractivity contribution in [2.75, 3.05) is 13.2 Å². The van der Waals surface area contributed by atoms with Crippen LogP contribution in [0.1, 0.15) is 181 Å². The van der Waals surface area contributed by atoms with E-state index < -0.39 is 83.5 Å². The van der Waals surface area contributed by atoms with Crippen molar-refractivity contribution < 1.29 is 76.9 Å². The van der Waals surface area contributed by atoms with Gasteiger partial charge < -0.3 is 44.6 Å². The van der Waals surface area contributed by atoms with Crippen molar-refractivity contribution in [2.45, 2.75) is 224 Å². The highest BCUT2D eigenvalue weighted by Crippen LogP contribution is 2.49. The molecule has 0 amide bonds. The molecule has 7 N–H and O–H groups in total. The van der Waals surface area contributed by atoms with Crippen LogP contribution < -0.4 is 0 Å². The minimum atomic E-state index is -5.36. The summed E-state index contributed by atoms with van der Waals surface area (Å²) in [6, 6.07) is 0. The molecule has 0 aliphatic heterocycles. The summed E-state index contributed by atoms with van der Waals surface area (Å²) in [5.41, 5.74) is 0. The number of aliphatic hydroxyl groups is 4. The van der Waals surface area contributed by atoms with Gasteiger partial charge in [0.25, 0.3) is 0 Å². The highest BCUT2D eigenvalue weighted by molar-refractivity contribution is 7.47. The number of phosphoric acid groups is 2. The monoisotopic (exact) mass is 941 g/mol. The number of unbranched alkanes of at least 4 members (excludes halogenated alkanes) is 19. The minimum absolute atomic E-state index is 0.0275. The van der Waals surface area contributed by atoms with E-state index in [4.69, 9.17) is 28.3 Å². The molecule has 0 aromatic carbocycles. The second kappa shape index (κ2) is 36.4. The number of ether oxygens (including phenoxy) is 2. The van der Waals surface area contributed by atoms with Gasteiger partial charge in [0.15, 0.2) is 6.10 Å². The average molecular weight is 941 g/mol. The topological polar surface area (TPSA) is 256 Å². The van der Waals surface area contributed by atoms with E-state index in [0.29, 0.717) is 12.8 Å². The Kier molecular flexibility index (Phi) is 34.2. The van der Waals surface area contributed by atoms with Gasteiger partial charge in [-0.05, 0) is 70.6 Å². The molecule has 0 spiro atoms. The summed E-state index contributed by atoms with van der Waals surface area (Å²) >= 11 is 0. The van der Waals surface area contributed by atoms with Crippen molar-refractivity contribution in [1.82, 2.24) is 0 Å². The third-order valence-electron chi connectivity index (χ3n) is 10.7. The van der Waals surface area contributed by atoms with Crippen LogP contribution in [0.25, 0.3) is 0 Å². The predicted octanol–water partition coefficient (Wildman–Crippen LogP) is 8.73. The van der Waals surface area contributed by atoms with Gasteiger partial charge in [0.05, 0.1) is 6.61 Å². The molecular weight excluding hydrogens is 858 g/mol. The summed E-state index contributed by atoms with van der Waals surface area (Å²) in [7, 11) is -10.7. The molecule has 1 saturated carbocycles. The van der Waals surface area contributed by atoms with Crippen LogP contribution in [0.5, 0.6) is 0 Å². The van der Waals surface area contributed by atoms with Crippen LogP contribution in [-0.4, -0.2) is 103 Å². The fourth-order valence-electron chi connectivity index (χ4n) is 6.99. The van der Waals surface area contributed by atoms with Crippen molar-refractivity contribution in [3.8, 4) is 0 Å². The predicted molar refractivity (Wildman–Crippen MR) is 241 cm³/mol. The Hall–Kier alpha value is -1.78. The molecule has 63 heavy (non-hydrogen) atoms. The number of allylic oxidation sites excluding steroid dienone is 6. The molecule has 0 saturated heterocycles. The van der Waals surface area contributed by atoms with Crippen LogP contribution in [0.2, 0.25) is 0 Å². The van der Waals surface area contributed by atoms with Gasteiger partial charge >= 0.3 is 27.6 Å². The normalized spacial score (nSPS) is 22.2. The number of rotatable bonds is 39. The quantitative estimate of drug-likeness (QED) is 0.0132. The van der Waals surface area contributed by atoms with Crippen LogP contribution >= 0.6 is 15.6 Å². The second-order valence-electron chi connectivity index (χ2n) is 16.5. The van der Waals surface area contributed by atoms with Crippen LogP contribution in [0, 0.1) is 0 Å². The Morgan fingerprint density at radius 1 is 0.508 bits per heavy atom. The zero-order valence-electron chi connectivity index (χ0n) is 38.0. The molecule has 18 heteroatoms. The molecule has 1 rings (SSSR count). The number of carbonyl (C=O) groups is 2. The summed E-state index contributed by atoms with van der Waals surface area (Å²) in [5, 5.41) is 41.2. The fraction of sp³-hybridized carbons (Fsp3) is 0.822. The molecule has 5 unspecified atom stereocenters.